The fourth-order valence-corrected chi connectivity index (χ4v) is 7.04. The molecule has 2 aromatic carbocycles. The van der Waals surface area contributed by atoms with E-state index in [0.717, 1.165) is 37.3 Å². The highest BCUT2D eigenvalue weighted by molar-refractivity contribution is 5.78. The minimum absolute atomic E-state index is 0.0628. The normalized spacial score (nSPS) is 26.2. The zero-order chi connectivity index (χ0) is 27.0. The molecule has 3 nitrogen and oxygen atoms in total. The van der Waals surface area contributed by atoms with Crippen molar-refractivity contribution in [3.8, 4) is 6.07 Å². The third kappa shape index (κ3) is 7.07. The van der Waals surface area contributed by atoms with Gasteiger partial charge in [-0.3, -0.25) is 4.79 Å². The number of carbonyl (C=O) groups excluding carboxylic acids is 1. The Labute approximate surface area is 231 Å². The van der Waals surface area contributed by atoms with Gasteiger partial charge in [-0.2, -0.15) is 5.26 Å². The van der Waals surface area contributed by atoms with E-state index >= 15 is 0 Å². The maximum absolute atomic E-state index is 14.0. The highest BCUT2D eigenvalue weighted by Gasteiger charge is 2.37. The van der Waals surface area contributed by atoms with Crippen molar-refractivity contribution in [2.75, 3.05) is 6.54 Å². The molecule has 1 saturated carbocycles. The Balaban J connectivity index is 1.63. The second-order valence-electron chi connectivity index (χ2n) is 12.5. The van der Waals surface area contributed by atoms with E-state index < -0.39 is 0 Å². The van der Waals surface area contributed by atoms with Gasteiger partial charge < -0.3 is 4.90 Å². The highest BCUT2D eigenvalue weighted by Crippen LogP contribution is 2.44. The van der Waals surface area contributed by atoms with Crippen LogP contribution < -0.4 is 0 Å². The molecule has 0 spiro atoms. The summed E-state index contributed by atoms with van der Waals surface area (Å²) in [6.45, 7) is 8.38. The molecule has 204 valence electrons. The molecule has 2 fully saturated rings. The van der Waals surface area contributed by atoms with E-state index in [0.29, 0.717) is 29.9 Å². The molecule has 3 heteroatoms. The first kappa shape index (κ1) is 28.4. The molecule has 0 aromatic heterocycles. The lowest BCUT2D eigenvalue weighted by atomic mass is 9.67. The van der Waals surface area contributed by atoms with Crippen LogP contribution in [0.1, 0.15) is 108 Å². The van der Waals surface area contributed by atoms with Crippen LogP contribution in [-0.2, 0) is 16.8 Å². The Morgan fingerprint density at radius 3 is 2.34 bits per heavy atom. The first-order valence-electron chi connectivity index (χ1n) is 15.3. The number of nitrogens with zero attached hydrogens (tertiary/aromatic N) is 2. The molecule has 0 radical (unpaired) electrons. The van der Waals surface area contributed by atoms with Crippen LogP contribution in [0, 0.1) is 35.0 Å². The van der Waals surface area contributed by atoms with E-state index in [9.17, 15) is 10.1 Å². The van der Waals surface area contributed by atoms with Crippen molar-refractivity contribution in [3.63, 3.8) is 0 Å². The molecule has 2 aliphatic rings. The maximum Gasteiger partial charge on any atom is 0.225 e. The van der Waals surface area contributed by atoms with Crippen LogP contribution >= 0.6 is 0 Å². The van der Waals surface area contributed by atoms with Crippen LogP contribution in [0.5, 0.6) is 0 Å². The summed E-state index contributed by atoms with van der Waals surface area (Å²) in [4.78, 5) is 16.2. The molecule has 1 aliphatic heterocycles. The topological polar surface area (TPSA) is 44.1 Å². The molecular formula is C35H48N2O. The number of hydrogen-bond acceptors (Lipinski definition) is 2. The van der Waals surface area contributed by atoms with E-state index in [4.69, 9.17) is 0 Å². The second-order valence-corrected chi connectivity index (χ2v) is 12.5. The Morgan fingerprint density at radius 2 is 1.71 bits per heavy atom. The lowest BCUT2D eigenvalue weighted by Crippen LogP contribution is -2.39. The van der Waals surface area contributed by atoms with Gasteiger partial charge in [-0.1, -0.05) is 95.3 Å². The van der Waals surface area contributed by atoms with E-state index in [-0.39, 0.29) is 11.3 Å². The smallest absolute Gasteiger partial charge is 0.225 e. The predicted octanol–water partition coefficient (Wildman–Crippen LogP) is 8.67. The monoisotopic (exact) mass is 512 g/mol. The van der Waals surface area contributed by atoms with Crippen molar-refractivity contribution in [2.24, 2.45) is 23.7 Å². The van der Waals surface area contributed by atoms with Gasteiger partial charge >= 0.3 is 0 Å². The third-order valence-electron chi connectivity index (χ3n) is 9.86. The molecule has 4 atom stereocenters. The van der Waals surface area contributed by atoms with Crippen molar-refractivity contribution in [1.29, 1.82) is 5.26 Å². The van der Waals surface area contributed by atoms with Crippen LogP contribution in [0.2, 0.25) is 0 Å². The lowest BCUT2D eigenvalue weighted by molar-refractivity contribution is -0.138. The summed E-state index contributed by atoms with van der Waals surface area (Å²) < 4.78 is 0. The first-order valence-corrected chi connectivity index (χ1v) is 15.3. The number of carbonyl (C=O) groups is 1. The van der Waals surface area contributed by atoms with Crippen molar-refractivity contribution in [1.82, 2.24) is 4.90 Å². The van der Waals surface area contributed by atoms with E-state index in [1.807, 2.05) is 24.3 Å². The molecule has 38 heavy (non-hydrogen) atoms. The van der Waals surface area contributed by atoms with Crippen LogP contribution in [-0.4, -0.2) is 17.4 Å². The largest absolute Gasteiger partial charge is 0.338 e. The molecule has 1 heterocycles. The standard InChI is InChI=1S/C35H48N2O/c1-4-27(2)24-35(33-14-6-5-7-15-33)20-9-13-32(23-29-11-8-12-29)28(3)34(38)37(22-10-21-35)26-31-18-16-30(25-36)17-19-31/h5-7,14-19,27-29,32H,4,8-13,20-24,26H2,1-3H3/t27?,28?,32?,35-/m0/s1. The number of rotatable bonds is 8. The van der Waals surface area contributed by atoms with Gasteiger partial charge in [0, 0.05) is 19.0 Å². The zero-order valence-electron chi connectivity index (χ0n) is 24.0. The van der Waals surface area contributed by atoms with Gasteiger partial charge in [0.2, 0.25) is 5.91 Å². The van der Waals surface area contributed by atoms with Gasteiger partial charge in [0.05, 0.1) is 11.6 Å². The average Bonchev–Trinajstić information content (AvgIpc) is 2.94. The molecule has 1 amide bonds. The minimum Gasteiger partial charge on any atom is -0.338 e. The van der Waals surface area contributed by atoms with Crippen LogP contribution in [0.4, 0.5) is 0 Å². The summed E-state index contributed by atoms with van der Waals surface area (Å²) in [6.07, 6.45) is 13.4. The number of amides is 1. The number of nitriles is 1. The summed E-state index contributed by atoms with van der Waals surface area (Å²) in [5.41, 5.74) is 3.45. The summed E-state index contributed by atoms with van der Waals surface area (Å²) in [5, 5.41) is 9.21. The fourth-order valence-electron chi connectivity index (χ4n) is 7.04. The summed E-state index contributed by atoms with van der Waals surface area (Å²) in [7, 11) is 0. The Morgan fingerprint density at radius 1 is 1.00 bits per heavy atom. The molecule has 0 bridgehead atoms. The molecule has 3 unspecified atom stereocenters. The Hall–Kier alpha value is -2.60. The Kier molecular flexibility index (Phi) is 10.1. The summed E-state index contributed by atoms with van der Waals surface area (Å²) in [5.74, 6) is 2.35. The van der Waals surface area contributed by atoms with Crippen LogP contribution in [0.15, 0.2) is 54.6 Å². The van der Waals surface area contributed by atoms with E-state index in [1.54, 1.807) is 0 Å². The SMILES string of the molecule is CCC(C)C[C@]1(c2ccccc2)CCCC(CC2CCC2)C(C)C(=O)N(Cc2ccc(C#N)cc2)CCC1. The third-order valence-corrected chi connectivity index (χ3v) is 9.86. The minimum atomic E-state index is 0.0628. The van der Waals surface area contributed by atoms with Crippen molar-refractivity contribution >= 4 is 5.91 Å². The van der Waals surface area contributed by atoms with Gasteiger partial charge in [0.1, 0.15) is 0 Å². The lowest BCUT2D eigenvalue weighted by Gasteiger charge is -2.38. The molecule has 0 N–H and O–H groups in total. The summed E-state index contributed by atoms with van der Waals surface area (Å²) in [6, 6.07) is 21.3. The fraction of sp³-hybridized carbons (Fsp3) is 0.600. The van der Waals surface area contributed by atoms with Gasteiger partial charge in [-0.15, -0.1) is 0 Å². The quantitative estimate of drug-likeness (QED) is 0.355. The predicted molar refractivity (Wildman–Crippen MR) is 156 cm³/mol. The van der Waals surface area contributed by atoms with Crippen LogP contribution in [0.25, 0.3) is 0 Å². The Bertz CT molecular complexity index is 1050. The van der Waals surface area contributed by atoms with E-state index in [1.165, 1.54) is 56.9 Å². The molecule has 4 rings (SSSR count). The second kappa shape index (κ2) is 13.5. The number of benzene rings is 2. The zero-order valence-corrected chi connectivity index (χ0v) is 24.0. The van der Waals surface area contributed by atoms with E-state index in [2.05, 4.69) is 62.1 Å². The highest BCUT2D eigenvalue weighted by atomic mass is 16.2. The summed E-state index contributed by atoms with van der Waals surface area (Å²) >= 11 is 0. The molecular weight excluding hydrogens is 464 g/mol. The van der Waals surface area contributed by atoms with Crippen molar-refractivity contribution in [2.45, 2.75) is 103 Å². The van der Waals surface area contributed by atoms with Gasteiger partial charge in [0.15, 0.2) is 0 Å². The number of hydrogen-bond donors (Lipinski definition) is 0. The van der Waals surface area contributed by atoms with Gasteiger partial charge in [-0.05, 0) is 85.0 Å². The average molecular weight is 513 g/mol. The first-order chi connectivity index (χ1) is 18.4. The van der Waals surface area contributed by atoms with Gasteiger partial charge in [-0.25, -0.2) is 0 Å². The van der Waals surface area contributed by atoms with Crippen molar-refractivity contribution < 1.29 is 4.79 Å². The molecule has 2 aromatic rings. The van der Waals surface area contributed by atoms with Crippen molar-refractivity contribution in [3.05, 3.63) is 71.3 Å². The molecule has 1 saturated heterocycles. The molecule has 1 aliphatic carbocycles. The van der Waals surface area contributed by atoms with Gasteiger partial charge in [0.25, 0.3) is 0 Å². The van der Waals surface area contributed by atoms with Crippen LogP contribution in [0.3, 0.4) is 0 Å². The maximum atomic E-state index is 14.0.